The minimum atomic E-state index is 0.0136. The van der Waals surface area contributed by atoms with Gasteiger partial charge in [-0.05, 0) is 30.4 Å². The molecule has 0 aromatic carbocycles. The Bertz CT molecular complexity index is 507. The lowest BCUT2D eigenvalue weighted by molar-refractivity contribution is 0.957. The van der Waals surface area contributed by atoms with E-state index in [1.807, 2.05) is 6.92 Å². The van der Waals surface area contributed by atoms with Gasteiger partial charge in [-0.1, -0.05) is 6.92 Å². The highest BCUT2D eigenvalue weighted by atomic mass is 32.1. The third kappa shape index (κ3) is 1.90. The topological polar surface area (TPSA) is 48.6 Å². The molecule has 0 saturated carbocycles. The largest absolute Gasteiger partial charge is 0.302 e. The summed E-state index contributed by atoms with van der Waals surface area (Å²) in [5.41, 5.74) is 3.18. The zero-order chi connectivity index (χ0) is 10.8. The number of thiophene rings is 1. The van der Waals surface area contributed by atoms with Crippen LogP contribution in [0.1, 0.15) is 28.6 Å². The lowest BCUT2D eigenvalue weighted by atomic mass is 10.1. The summed E-state index contributed by atoms with van der Waals surface area (Å²) < 4.78 is 0. The maximum absolute atomic E-state index is 11.6. The molecule has 0 bridgehead atoms. The van der Waals surface area contributed by atoms with Crippen molar-refractivity contribution in [3.8, 4) is 0 Å². The van der Waals surface area contributed by atoms with Crippen molar-refractivity contribution >= 4 is 11.3 Å². The number of hydrogen-bond donors (Lipinski definition) is 2. The molecule has 80 valence electrons. The summed E-state index contributed by atoms with van der Waals surface area (Å²) in [6, 6.07) is 2.09. The van der Waals surface area contributed by atoms with E-state index >= 15 is 0 Å². The monoisotopic (exact) mass is 222 g/mol. The Kier molecular flexibility index (Phi) is 2.77. The van der Waals surface area contributed by atoms with E-state index in [0.717, 1.165) is 24.1 Å². The molecule has 2 aromatic rings. The van der Waals surface area contributed by atoms with Crippen molar-refractivity contribution in [2.24, 2.45) is 0 Å². The summed E-state index contributed by atoms with van der Waals surface area (Å²) >= 11 is 1.71. The molecule has 2 aromatic heterocycles. The molecule has 0 unspecified atom stereocenters. The van der Waals surface area contributed by atoms with Crippen LogP contribution in [0.2, 0.25) is 0 Å². The second-order valence-electron chi connectivity index (χ2n) is 3.59. The van der Waals surface area contributed by atoms with Crippen LogP contribution in [0.3, 0.4) is 0 Å². The fourth-order valence-electron chi connectivity index (χ4n) is 1.65. The molecule has 0 radical (unpaired) electrons. The Hall–Kier alpha value is -1.29. The summed E-state index contributed by atoms with van der Waals surface area (Å²) in [6.45, 7) is 4.13. The highest BCUT2D eigenvalue weighted by Gasteiger charge is 2.10. The van der Waals surface area contributed by atoms with E-state index < -0.39 is 0 Å². The van der Waals surface area contributed by atoms with Gasteiger partial charge in [-0.25, -0.2) is 0 Å². The standard InChI is InChI=1S/C11H14N2OS/c1-3-9-8(11(14)13-12-9)6-10-7(2)4-5-15-10/h4-5H,3,6H2,1-2H3,(H2,12,13,14). The number of H-pyrrole nitrogens is 2. The summed E-state index contributed by atoms with van der Waals surface area (Å²) in [6.07, 6.45) is 1.60. The van der Waals surface area contributed by atoms with Gasteiger partial charge in [0.15, 0.2) is 0 Å². The molecule has 15 heavy (non-hydrogen) atoms. The van der Waals surface area contributed by atoms with E-state index in [0.29, 0.717) is 0 Å². The predicted molar refractivity (Wildman–Crippen MR) is 62.7 cm³/mol. The molecular formula is C11H14N2OS. The second-order valence-corrected chi connectivity index (χ2v) is 4.59. The molecule has 2 N–H and O–H groups in total. The molecule has 0 aliphatic rings. The van der Waals surface area contributed by atoms with E-state index in [-0.39, 0.29) is 5.56 Å². The van der Waals surface area contributed by atoms with Crippen LogP contribution in [0.5, 0.6) is 0 Å². The van der Waals surface area contributed by atoms with Gasteiger partial charge in [-0.15, -0.1) is 11.3 Å². The second kappa shape index (κ2) is 4.06. The zero-order valence-corrected chi connectivity index (χ0v) is 9.70. The van der Waals surface area contributed by atoms with E-state index in [2.05, 4.69) is 28.6 Å². The average Bonchev–Trinajstić information content (AvgIpc) is 2.77. The van der Waals surface area contributed by atoms with E-state index in [1.54, 1.807) is 11.3 Å². The first-order chi connectivity index (χ1) is 7.22. The first-order valence-corrected chi connectivity index (χ1v) is 5.91. The lowest BCUT2D eigenvalue weighted by Crippen LogP contribution is -2.07. The van der Waals surface area contributed by atoms with Gasteiger partial charge in [-0.3, -0.25) is 9.89 Å². The molecule has 2 rings (SSSR count). The molecule has 0 saturated heterocycles. The zero-order valence-electron chi connectivity index (χ0n) is 8.89. The van der Waals surface area contributed by atoms with Crippen LogP contribution < -0.4 is 5.56 Å². The Balaban J connectivity index is 2.35. The van der Waals surface area contributed by atoms with Crippen molar-refractivity contribution < 1.29 is 0 Å². The Morgan fingerprint density at radius 2 is 2.20 bits per heavy atom. The Labute approximate surface area is 92.1 Å². The van der Waals surface area contributed by atoms with Crippen LogP contribution in [0, 0.1) is 6.92 Å². The molecule has 0 amide bonds. The molecule has 2 heterocycles. The van der Waals surface area contributed by atoms with Gasteiger partial charge < -0.3 is 5.10 Å². The van der Waals surface area contributed by atoms with Crippen LogP contribution in [0.25, 0.3) is 0 Å². The Morgan fingerprint density at radius 1 is 1.40 bits per heavy atom. The highest BCUT2D eigenvalue weighted by molar-refractivity contribution is 7.10. The third-order valence-corrected chi connectivity index (χ3v) is 3.65. The van der Waals surface area contributed by atoms with Crippen molar-refractivity contribution in [2.45, 2.75) is 26.7 Å². The quantitative estimate of drug-likeness (QED) is 0.822. The van der Waals surface area contributed by atoms with Crippen LogP contribution in [0.4, 0.5) is 0 Å². The van der Waals surface area contributed by atoms with Gasteiger partial charge >= 0.3 is 0 Å². The molecule has 0 aliphatic heterocycles. The van der Waals surface area contributed by atoms with Crippen LogP contribution in [-0.2, 0) is 12.8 Å². The SMILES string of the molecule is CCc1[nH][nH]c(=O)c1Cc1sccc1C. The number of nitrogens with one attached hydrogen (secondary N) is 2. The number of hydrogen-bond acceptors (Lipinski definition) is 2. The summed E-state index contributed by atoms with van der Waals surface area (Å²) in [5, 5.41) is 7.63. The average molecular weight is 222 g/mol. The fraction of sp³-hybridized carbons (Fsp3) is 0.364. The number of aromatic amines is 2. The van der Waals surface area contributed by atoms with Gasteiger partial charge in [0.2, 0.25) is 0 Å². The van der Waals surface area contributed by atoms with Crippen molar-refractivity contribution in [1.82, 2.24) is 10.2 Å². The summed E-state index contributed by atoms with van der Waals surface area (Å²) in [4.78, 5) is 12.8. The van der Waals surface area contributed by atoms with Crippen LogP contribution in [0.15, 0.2) is 16.2 Å². The lowest BCUT2D eigenvalue weighted by Gasteiger charge is -1.99. The minimum Gasteiger partial charge on any atom is -0.302 e. The third-order valence-electron chi connectivity index (χ3n) is 2.62. The first kappa shape index (κ1) is 10.2. The summed E-state index contributed by atoms with van der Waals surface area (Å²) in [5.74, 6) is 0. The fourth-order valence-corrected chi connectivity index (χ4v) is 2.57. The van der Waals surface area contributed by atoms with E-state index in [4.69, 9.17) is 0 Å². The highest BCUT2D eigenvalue weighted by Crippen LogP contribution is 2.19. The van der Waals surface area contributed by atoms with Gasteiger partial charge in [0.05, 0.1) is 0 Å². The molecule has 0 atom stereocenters. The van der Waals surface area contributed by atoms with Crippen molar-refractivity contribution in [3.05, 3.63) is 43.5 Å². The van der Waals surface area contributed by atoms with Gasteiger partial charge in [0.1, 0.15) is 0 Å². The smallest absolute Gasteiger partial charge is 0.267 e. The van der Waals surface area contributed by atoms with Crippen LogP contribution in [-0.4, -0.2) is 10.2 Å². The molecule has 0 fully saturated rings. The van der Waals surface area contributed by atoms with Crippen molar-refractivity contribution in [2.75, 3.05) is 0 Å². The minimum absolute atomic E-state index is 0.0136. The van der Waals surface area contributed by atoms with Crippen molar-refractivity contribution in [1.29, 1.82) is 0 Å². The maximum Gasteiger partial charge on any atom is 0.267 e. The molecule has 0 spiro atoms. The van der Waals surface area contributed by atoms with Gasteiger partial charge in [0, 0.05) is 22.6 Å². The van der Waals surface area contributed by atoms with Crippen molar-refractivity contribution in [3.63, 3.8) is 0 Å². The van der Waals surface area contributed by atoms with E-state index in [1.165, 1.54) is 10.4 Å². The Morgan fingerprint density at radius 3 is 2.80 bits per heavy atom. The normalized spacial score (nSPS) is 10.8. The van der Waals surface area contributed by atoms with Gasteiger partial charge in [-0.2, -0.15) is 0 Å². The molecule has 0 aliphatic carbocycles. The number of aryl methyl sites for hydroxylation is 2. The molecular weight excluding hydrogens is 208 g/mol. The van der Waals surface area contributed by atoms with E-state index in [9.17, 15) is 4.79 Å². The van der Waals surface area contributed by atoms with Crippen LogP contribution >= 0.6 is 11.3 Å². The number of aromatic nitrogens is 2. The first-order valence-electron chi connectivity index (χ1n) is 5.03. The van der Waals surface area contributed by atoms with Gasteiger partial charge in [0.25, 0.3) is 5.56 Å². The molecule has 3 nitrogen and oxygen atoms in total. The maximum atomic E-state index is 11.6. The summed E-state index contributed by atoms with van der Waals surface area (Å²) in [7, 11) is 0. The molecule has 4 heteroatoms. The number of rotatable bonds is 3. The predicted octanol–water partition coefficient (Wildman–Crippen LogP) is 2.23.